The zero-order chi connectivity index (χ0) is 10.6. The van der Waals surface area contributed by atoms with Gasteiger partial charge in [-0.1, -0.05) is 25.6 Å². The number of rotatable bonds is 5. The lowest BCUT2D eigenvalue weighted by Crippen LogP contribution is -2.08. The maximum Gasteiger partial charge on any atom is 0.190 e. The van der Waals surface area contributed by atoms with E-state index in [1.807, 2.05) is 11.6 Å². The van der Waals surface area contributed by atoms with E-state index in [1.165, 1.54) is 0 Å². The minimum atomic E-state index is 0.626. The highest BCUT2D eigenvalue weighted by Crippen LogP contribution is 2.18. The van der Waals surface area contributed by atoms with Gasteiger partial charge in [0.1, 0.15) is 5.82 Å². The molecule has 4 nitrogen and oxygen atoms in total. The molecule has 0 saturated carbocycles. The van der Waals surface area contributed by atoms with E-state index in [4.69, 9.17) is 5.73 Å². The fourth-order valence-corrected chi connectivity index (χ4v) is 1.94. The van der Waals surface area contributed by atoms with Crippen LogP contribution in [-0.4, -0.2) is 27.1 Å². The summed E-state index contributed by atoms with van der Waals surface area (Å²) in [7, 11) is 1.99. The second-order valence-electron chi connectivity index (χ2n) is 3.70. The lowest BCUT2D eigenvalue weighted by Gasteiger charge is -2.04. The minimum absolute atomic E-state index is 0.626. The van der Waals surface area contributed by atoms with Crippen LogP contribution in [0.4, 0.5) is 0 Å². The largest absolute Gasteiger partial charge is 0.330 e. The minimum Gasteiger partial charge on any atom is -0.330 e. The van der Waals surface area contributed by atoms with Crippen molar-refractivity contribution in [2.24, 2.45) is 18.7 Å². The summed E-state index contributed by atoms with van der Waals surface area (Å²) in [4.78, 5) is 0. The van der Waals surface area contributed by atoms with Crippen LogP contribution < -0.4 is 5.73 Å². The highest BCUT2D eigenvalue weighted by molar-refractivity contribution is 7.99. The Morgan fingerprint density at radius 3 is 2.71 bits per heavy atom. The summed E-state index contributed by atoms with van der Waals surface area (Å²) in [5.41, 5.74) is 5.47. The first-order valence-electron chi connectivity index (χ1n) is 4.86. The van der Waals surface area contributed by atoms with Gasteiger partial charge in [-0.2, -0.15) is 0 Å². The highest BCUT2D eigenvalue weighted by atomic mass is 32.2. The molecule has 0 saturated heterocycles. The summed E-state index contributed by atoms with van der Waals surface area (Å²) < 4.78 is 2.03. The van der Waals surface area contributed by atoms with Crippen LogP contribution in [0.5, 0.6) is 0 Å². The summed E-state index contributed by atoms with van der Waals surface area (Å²) >= 11 is 1.75. The van der Waals surface area contributed by atoms with Gasteiger partial charge >= 0.3 is 0 Å². The normalized spacial score (nSPS) is 11.2. The Morgan fingerprint density at radius 2 is 2.14 bits per heavy atom. The Balaban J connectivity index is 2.60. The van der Waals surface area contributed by atoms with E-state index in [1.54, 1.807) is 11.8 Å². The van der Waals surface area contributed by atoms with Crippen LogP contribution in [0.15, 0.2) is 5.16 Å². The second kappa shape index (κ2) is 5.36. The van der Waals surface area contributed by atoms with Gasteiger partial charge in [-0.05, 0) is 12.5 Å². The van der Waals surface area contributed by atoms with E-state index >= 15 is 0 Å². The lowest BCUT2D eigenvalue weighted by atomic mass is 10.3. The molecule has 1 heterocycles. The van der Waals surface area contributed by atoms with Gasteiger partial charge in [0, 0.05) is 19.2 Å². The predicted octanol–water partition coefficient (Wildman–Crippen LogP) is 1.06. The van der Waals surface area contributed by atoms with Crippen LogP contribution in [0.2, 0.25) is 0 Å². The second-order valence-corrected chi connectivity index (χ2v) is 4.69. The Morgan fingerprint density at radius 1 is 1.43 bits per heavy atom. The number of hydrogen-bond acceptors (Lipinski definition) is 4. The molecule has 0 aliphatic heterocycles. The standard InChI is InChI=1S/C9H18N4S/c1-7(2)6-14-9-12-11-8(4-5-10)13(9)3/h7H,4-6,10H2,1-3H3. The summed E-state index contributed by atoms with van der Waals surface area (Å²) in [5, 5.41) is 9.21. The zero-order valence-corrected chi connectivity index (χ0v) is 9.84. The molecule has 0 aliphatic carbocycles. The number of thioether (sulfide) groups is 1. The fourth-order valence-electron chi connectivity index (χ4n) is 1.06. The van der Waals surface area contributed by atoms with Gasteiger partial charge < -0.3 is 10.3 Å². The molecule has 0 amide bonds. The topological polar surface area (TPSA) is 56.7 Å². The van der Waals surface area contributed by atoms with E-state index in [0.717, 1.165) is 23.2 Å². The number of nitrogens with two attached hydrogens (primary N) is 1. The van der Waals surface area contributed by atoms with Gasteiger partial charge in [0.15, 0.2) is 5.16 Å². The summed E-state index contributed by atoms with van der Waals surface area (Å²) in [6.45, 7) is 5.02. The molecule has 14 heavy (non-hydrogen) atoms. The molecule has 0 fully saturated rings. The average Bonchev–Trinajstić information content (AvgIpc) is 2.46. The molecule has 1 rings (SSSR count). The number of hydrogen-bond donors (Lipinski definition) is 1. The van der Waals surface area contributed by atoms with E-state index < -0.39 is 0 Å². The van der Waals surface area contributed by atoms with E-state index in [0.29, 0.717) is 12.5 Å². The van der Waals surface area contributed by atoms with Gasteiger partial charge in [0.05, 0.1) is 0 Å². The van der Waals surface area contributed by atoms with Crippen molar-refractivity contribution in [3.8, 4) is 0 Å². The fraction of sp³-hybridized carbons (Fsp3) is 0.778. The maximum atomic E-state index is 5.47. The molecule has 0 spiro atoms. The molecule has 0 aliphatic rings. The van der Waals surface area contributed by atoms with Gasteiger partial charge in [-0.3, -0.25) is 0 Å². The van der Waals surface area contributed by atoms with Crippen molar-refractivity contribution < 1.29 is 0 Å². The van der Waals surface area contributed by atoms with Gasteiger partial charge in [0.25, 0.3) is 0 Å². The quantitative estimate of drug-likeness (QED) is 0.745. The van der Waals surface area contributed by atoms with Crippen LogP contribution >= 0.6 is 11.8 Å². The van der Waals surface area contributed by atoms with Crippen molar-refractivity contribution >= 4 is 11.8 Å². The molecular formula is C9H18N4S. The number of aromatic nitrogens is 3. The predicted molar refractivity (Wildman–Crippen MR) is 59.3 cm³/mol. The molecule has 2 N–H and O–H groups in total. The molecule has 0 radical (unpaired) electrons. The monoisotopic (exact) mass is 214 g/mol. The van der Waals surface area contributed by atoms with Gasteiger partial charge in [-0.15, -0.1) is 10.2 Å². The Kier molecular flexibility index (Phi) is 4.41. The third-order valence-electron chi connectivity index (χ3n) is 1.84. The first-order valence-corrected chi connectivity index (χ1v) is 5.84. The zero-order valence-electron chi connectivity index (χ0n) is 9.03. The van der Waals surface area contributed by atoms with Crippen molar-refractivity contribution in [2.45, 2.75) is 25.4 Å². The SMILES string of the molecule is CC(C)CSc1nnc(CCN)n1C. The van der Waals surface area contributed by atoms with Crippen molar-refractivity contribution in [3.63, 3.8) is 0 Å². The first-order chi connectivity index (χ1) is 6.65. The van der Waals surface area contributed by atoms with Crippen molar-refractivity contribution in [2.75, 3.05) is 12.3 Å². The van der Waals surface area contributed by atoms with Crippen molar-refractivity contribution in [3.05, 3.63) is 5.82 Å². The molecule has 0 bridgehead atoms. The van der Waals surface area contributed by atoms with Crippen LogP contribution in [0.25, 0.3) is 0 Å². The summed E-state index contributed by atoms with van der Waals surface area (Å²) in [6, 6.07) is 0. The molecule has 0 unspecified atom stereocenters. The van der Waals surface area contributed by atoms with Crippen LogP contribution in [0, 0.1) is 5.92 Å². The molecule has 1 aromatic heterocycles. The smallest absolute Gasteiger partial charge is 0.190 e. The lowest BCUT2D eigenvalue weighted by molar-refractivity contribution is 0.716. The van der Waals surface area contributed by atoms with E-state index in [9.17, 15) is 0 Å². The Bertz CT molecular complexity index is 282. The molecule has 80 valence electrons. The van der Waals surface area contributed by atoms with Crippen molar-refractivity contribution in [1.82, 2.24) is 14.8 Å². The maximum absolute atomic E-state index is 5.47. The third kappa shape index (κ3) is 2.99. The third-order valence-corrected chi connectivity index (χ3v) is 3.29. The van der Waals surface area contributed by atoms with Crippen LogP contribution in [0.3, 0.4) is 0 Å². The summed E-state index contributed by atoms with van der Waals surface area (Å²) in [5.74, 6) is 2.72. The van der Waals surface area contributed by atoms with Crippen LogP contribution in [0.1, 0.15) is 19.7 Å². The van der Waals surface area contributed by atoms with Crippen molar-refractivity contribution in [1.29, 1.82) is 0 Å². The van der Waals surface area contributed by atoms with Gasteiger partial charge in [-0.25, -0.2) is 0 Å². The van der Waals surface area contributed by atoms with Crippen LogP contribution in [-0.2, 0) is 13.5 Å². The Hall–Kier alpha value is -0.550. The van der Waals surface area contributed by atoms with E-state index in [2.05, 4.69) is 24.0 Å². The first kappa shape index (κ1) is 11.5. The highest BCUT2D eigenvalue weighted by Gasteiger charge is 2.08. The average molecular weight is 214 g/mol. The molecular weight excluding hydrogens is 196 g/mol. The molecule has 5 heteroatoms. The molecule has 0 aromatic carbocycles. The van der Waals surface area contributed by atoms with Gasteiger partial charge in [0.2, 0.25) is 0 Å². The van der Waals surface area contributed by atoms with E-state index in [-0.39, 0.29) is 0 Å². The Labute approximate surface area is 89.3 Å². The number of nitrogens with zero attached hydrogens (tertiary/aromatic N) is 3. The molecule has 0 atom stereocenters. The molecule has 1 aromatic rings. The summed E-state index contributed by atoms with van der Waals surface area (Å²) in [6.07, 6.45) is 0.797.